The second-order valence-electron chi connectivity index (χ2n) is 5.47. The fourth-order valence-corrected chi connectivity index (χ4v) is 2.51. The number of rotatable bonds is 4. The number of hydrogen-bond acceptors (Lipinski definition) is 4. The lowest BCUT2D eigenvalue weighted by molar-refractivity contribution is 0.0942. The van der Waals surface area contributed by atoms with Crippen LogP contribution in [0.4, 0.5) is 0 Å². The van der Waals surface area contributed by atoms with Crippen LogP contribution in [0, 0.1) is 5.92 Å². The Kier molecular flexibility index (Phi) is 5.23. The van der Waals surface area contributed by atoms with Gasteiger partial charge in [0.05, 0.1) is 10.9 Å². The summed E-state index contributed by atoms with van der Waals surface area (Å²) in [5.41, 5.74) is 0.0218. The largest absolute Gasteiger partial charge is 0.352 e. The summed E-state index contributed by atoms with van der Waals surface area (Å²) in [7, 11) is 0. The van der Waals surface area contributed by atoms with Crippen LogP contribution in [0.15, 0.2) is 27.8 Å². The van der Waals surface area contributed by atoms with Gasteiger partial charge in [-0.1, -0.05) is 0 Å². The number of amides is 1. The van der Waals surface area contributed by atoms with Gasteiger partial charge in [-0.3, -0.25) is 14.2 Å². The lowest BCUT2D eigenvalue weighted by Gasteiger charge is -2.27. The van der Waals surface area contributed by atoms with Crippen molar-refractivity contribution in [1.82, 2.24) is 20.2 Å². The highest BCUT2D eigenvalue weighted by Crippen LogP contribution is 2.09. The molecule has 124 valence electrons. The van der Waals surface area contributed by atoms with Crippen LogP contribution in [0.2, 0.25) is 0 Å². The van der Waals surface area contributed by atoms with Crippen molar-refractivity contribution in [3.63, 3.8) is 0 Å². The van der Waals surface area contributed by atoms with Crippen molar-refractivity contribution in [1.29, 1.82) is 0 Å². The number of carbonyl (C=O) groups excluding carboxylic acids is 1. The van der Waals surface area contributed by atoms with Gasteiger partial charge in [0.1, 0.15) is 0 Å². The fraction of sp³-hybridized carbons (Fsp3) is 0.400. The molecular formula is C15H19ClN4O3. The van der Waals surface area contributed by atoms with Crippen LogP contribution in [0.1, 0.15) is 17.3 Å². The number of nitrogens with zero attached hydrogens (tertiary/aromatic N) is 1. The molecule has 1 amide bonds. The van der Waals surface area contributed by atoms with E-state index in [9.17, 15) is 14.4 Å². The Balaban J connectivity index is 0.00000192. The van der Waals surface area contributed by atoms with Crippen molar-refractivity contribution < 1.29 is 4.79 Å². The molecule has 1 saturated heterocycles. The number of benzene rings is 1. The maximum absolute atomic E-state index is 12.2. The van der Waals surface area contributed by atoms with E-state index in [0.717, 1.165) is 17.7 Å². The zero-order chi connectivity index (χ0) is 15.7. The Morgan fingerprint density at radius 2 is 2.09 bits per heavy atom. The molecule has 0 saturated carbocycles. The number of aromatic nitrogens is 2. The molecule has 7 nitrogen and oxygen atoms in total. The van der Waals surface area contributed by atoms with Gasteiger partial charge in [0.2, 0.25) is 0 Å². The Hall–Kier alpha value is -2.12. The topological polar surface area (TPSA) is 96.0 Å². The van der Waals surface area contributed by atoms with Crippen molar-refractivity contribution in [2.45, 2.75) is 13.5 Å². The SMILES string of the molecule is CCn1c(=O)[nH]c2cc(C(=O)NCC3CNC3)ccc2c1=O.Cl. The molecule has 0 aliphatic carbocycles. The monoisotopic (exact) mass is 338 g/mol. The van der Waals surface area contributed by atoms with E-state index in [-0.39, 0.29) is 23.9 Å². The van der Waals surface area contributed by atoms with Gasteiger partial charge >= 0.3 is 5.69 Å². The third kappa shape index (κ3) is 3.30. The van der Waals surface area contributed by atoms with Crippen molar-refractivity contribution in [3.8, 4) is 0 Å². The number of carbonyl (C=O) groups is 1. The van der Waals surface area contributed by atoms with Gasteiger partial charge < -0.3 is 15.6 Å². The molecule has 1 aromatic carbocycles. The normalized spacial score (nSPS) is 14.1. The van der Waals surface area contributed by atoms with E-state index in [0.29, 0.717) is 35.5 Å². The van der Waals surface area contributed by atoms with Crippen LogP contribution in [0.5, 0.6) is 0 Å². The van der Waals surface area contributed by atoms with Gasteiger partial charge in [-0.05, 0) is 25.1 Å². The van der Waals surface area contributed by atoms with Crippen LogP contribution in [0.3, 0.4) is 0 Å². The molecule has 1 aliphatic heterocycles. The van der Waals surface area contributed by atoms with Gasteiger partial charge in [-0.15, -0.1) is 12.4 Å². The first-order chi connectivity index (χ1) is 10.6. The van der Waals surface area contributed by atoms with Crippen molar-refractivity contribution >= 4 is 29.2 Å². The standard InChI is InChI=1S/C15H18N4O3.ClH/c1-2-19-14(21)11-4-3-10(5-12(11)18-15(19)22)13(20)17-8-9-6-16-7-9;/h3-5,9,16H,2,6-8H2,1H3,(H,17,20)(H,18,22);1H. The molecule has 0 unspecified atom stereocenters. The molecule has 1 aliphatic rings. The van der Waals surface area contributed by atoms with Crippen molar-refractivity contribution in [2.75, 3.05) is 19.6 Å². The van der Waals surface area contributed by atoms with E-state index in [1.165, 1.54) is 0 Å². The van der Waals surface area contributed by atoms with Crippen LogP contribution in [-0.2, 0) is 6.54 Å². The Bertz CT molecular complexity index is 839. The Morgan fingerprint density at radius 3 is 2.70 bits per heavy atom. The first-order valence-corrected chi connectivity index (χ1v) is 7.36. The second-order valence-corrected chi connectivity index (χ2v) is 5.47. The zero-order valence-electron chi connectivity index (χ0n) is 12.7. The third-order valence-corrected chi connectivity index (χ3v) is 3.98. The smallest absolute Gasteiger partial charge is 0.328 e. The molecule has 0 radical (unpaired) electrons. The van der Waals surface area contributed by atoms with Gasteiger partial charge in [0.25, 0.3) is 11.5 Å². The predicted octanol–water partition coefficient (Wildman–Crippen LogP) is 0.0807. The van der Waals surface area contributed by atoms with E-state index in [4.69, 9.17) is 0 Å². The molecule has 0 atom stereocenters. The van der Waals surface area contributed by atoms with E-state index < -0.39 is 5.69 Å². The number of H-pyrrole nitrogens is 1. The summed E-state index contributed by atoms with van der Waals surface area (Å²) in [5, 5.41) is 6.41. The summed E-state index contributed by atoms with van der Waals surface area (Å²) in [6.07, 6.45) is 0. The summed E-state index contributed by atoms with van der Waals surface area (Å²) in [6.45, 7) is 4.50. The first-order valence-electron chi connectivity index (χ1n) is 7.36. The highest BCUT2D eigenvalue weighted by atomic mass is 35.5. The number of halogens is 1. The summed E-state index contributed by atoms with van der Waals surface area (Å²) in [6, 6.07) is 4.74. The van der Waals surface area contributed by atoms with Crippen molar-refractivity contribution in [2.24, 2.45) is 5.92 Å². The molecule has 3 N–H and O–H groups in total. The molecule has 2 aromatic rings. The molecular weight excluding hydrogens is 320 g/mol. The van der Waals surface area contributed by atoms with Gasteiger partial charge in [-0.2, -0.15) is 0 Å². The Labute approximate surface area is 138 Å². The average Bonchev–Trinajstić information content (AvgIpc) is 2.45. The van der Waals surface area contributed by atoms with Crippen LogP contribution >= 0.6 is 12.4 Å². The molecule has 2 heterocycles. The lowest BCUT2D eigenvalue weighted by atomic mass is 10.0. The first kappa shape index (κ1) is 17.2. The van der Waals surface area contributed by atoms with Crippen molar-refractivity contribution in [3.05, 3.63) is 44.6 Å². The lowest BCUT2D eigenvalue weighted by Crippen LogP contribution is -2.48. The van der Waals surface area contributed by atoms with Gasteiger partial charge in [-0.25, -0.2) is 4.79 Å². The molecule has 3 rings (SSSR count). The second kappa shape index (κ2) is 6.97. The van der Waals surface area contributed by atoms with E-state index in [1.807, 2.05) is 0 Å². The van der Waals surface area contributed by atoms with Crippen LogP contribution < -0.4 is 21.9 Å². The minimum absolute atomic E-state index is 0. The van der Waals surface area contributed by atoms with Crippen LogP contribution in [-0.4, -0.2) is 35.1 Å². The summed E-state index contributed by atoms with van der Waals surface area (Å²) in [5.74, 6) is 0.273. The predicted molar refractivity (Wildman–Crippen MR) is 90.4 cm³/mol. The highest BCUT2D eigenvalue weighted by Gasteiger charge is 2.18. The molecule has 1 aromatic heterocycles. The maximum Gasteiger partial charge on any atom is 0.328 e. The molecule has 0 spiro atoms. The molecule has 0 bridgehead atoms. The average molecular weight is 339 g/mol. The van der Waals surface area contributed by atoms with Gasteiger partial charge in [0, 0.05) is 37.7 Å². The molecule has 8 heteroatoms. The fourth-order valence-electron chi connectivity index (χ4n) is 2.51. The van der Waals surface area contributed by atoms with E-state index in [1.54, 1.807) is 25.1 Å². The van der Waals surface area contributed by atoms with Gasteiger partial charge in [0.15, 0.2) is 0 Å². The minimum atomic E-state index is -0.460. The third-order valence-electron chi connectivity index (χ3n) is 3.98. The Morgan fingerprint density at radius 1 is 1.35 bits per heavy atom. The summed E-state index contributed by atoms with van der Waals surface area (Å²) >= 11 is 0. The van der Waals surface area contributed by atoms with Crippen LogP contribution in [0.25, 0.3) is 10.9 Å². The summed E-state index contributed by atoms with van der Waals surface area (Å²) in [4.78, 5) is 38.8. The summed E-state index contributed by atoms with van der Waals surface area (Å²) < 4.78 is 1.13. The number of fused-ring (bicyclic) bond motifs is 1. The molecule has 1 fully saturated rings. The van der Waals surface area contributed by atoms with E-state index in [2.05, 4.69) is 15.6 Å². The number of aromatic amines is 1. The number of nitrogens with one attached hydrogen (secondary N) is 3. The minimum Gasteiger partial charge on any atom is -0.352 e. The highest BCUT2D eigenvalue weighted by molar-refractivity contribution is 5.97. The quantitative estimate of drug-likeness (QED) is 0.735. The van der Waals surface area contributed by atoms with E-state index >= 15 is 0 Å². The zero-order valence-corrected chi connectivity index (χ0v) is 13.5. The molecule has 23 heavy (non-hydrogen) atoms. The number of hydrogen-bond donors (Lipinski definition) is 3. The maximum atomic E-state index is 12.2.